The molecular formula is C22H25N5O4. The highest BCUT2D eigenvalue weighted by Crippen LogP contribution is 2.32. The molecule has 0 radical (unpaired) electrons. The number of Topliss-reactive ketones (excluding diaryl/α,β-unsaturated/α-hetero) is 1. The van der Waals surface area contributed by atoms with Gasteiger partial charge >= 0.3 is 0 Å². The van der Waals surface area contributed by atoms with Crippen molar-refractivity contribution in [3.05, 3.63) is 41.2 Å². The molecule has 1 amide bonds. The van der Waals surface area contributed by atoms with Gasteiger partial charge in [-0.15, -0.1) is 0 Å². The van der Waals surface area contributed by atoms with Crippen molar-refractivity contribution in [2.24, 2.45) is 0 Å². The van der Waals surface area contributed by atoms with Gasteiger partial charge in [-0.25, -0.2) is 9.97 Å². The van der Waals surface area contributed by atoms with Crippen molar-refractivity contribution in [3.8, 4) is 11.5 Å². The van der Waals surface area contributed by atoms with Crippen LogP contribution in [0, 0.1) is 0 Å². The lowest BCUT2D eigenvalue weighted by molar-refractivity contribution is -0.117. The van der Waals surface area contributed by atoms with Crippen LogP contribution in [0.2, 0.25) is 0 Å². The number of carbonyl (C=O) groups is 2. The molecule has 1 fully saturated rings. The molecule has 1 aromatic carbocycles. The first kappa shape index (κ1) is 19.9. The number of carbonyl (C=O) groups excluding carboxylic acids is 2. The molecule has 0 unspecified atom stereocenters. The van der Waals surface area contributed by atoms with E-state index in [1.807, 2.05) is 12.1 Å². The fourth-order valence-electron chi connectivity index (χ4n) is 4.22. The van der Waals surface area contributed by atoms with Gasteiger partial charge in [0, 0.05) is 45.3 Å². The first-order valence-electron chi connectivity index (χ1n) is 10.7. The van der Waals surface area contributed by atoms with Crippen LogP contribution in [0.15, 0.2) is 24.4 Å². The third-order valence-electron chi connectivity index (χ3n) is 5.91. The lowest BCUT2D eigenvalue weighted by Gasteiger charge is -2.34. The highest BCUT2D eigenvalue weighted by molar-refractivity contribution is 5.98. The van der Waals surface area contributed by atoms with Gasteiger partial charge in [-0.2, -0.15) is 0 Å². The van der Waals surface area contributed by atoms with E-state index in [9.17, 15) is 9.59 Å². The summed E-state index contributed by atoms with van der Waals surface area (Å²) in [7, 11) is 0. The predicted octanol–water partition coefficient (Wildman–Crippen LogP) is 1.48. The van der Waals surface area contributed by atoms with Crippen molar-refractivity contribution < 1.29 is 19.1 Å². The molecule has 0 atom stereocenters. The molecule has 9 nitrogen and oxygen atoms in total. The first-order chi connectivity index (χ1) is 15.1. The Morgan fingerprint density at radius 1 is 1.06 bits per heavy atom. The molecule has 162 valence electrons. The number of ketones is 1. The Morgan fingerprint density at radius 3 is 2.74 bits per heavy atom. The van der Waals surface area contributed by atoms with Crippen LogP contribution in [0.3, 0.4) is 0 Å². The Bertz CT molecular complexity index is 1000. The molecule has 1 N–H and O–H groups in total. The number of piperazine rings is 1. The zero-order valence-corrected chi connectivity index (χ0v) is 17.3. The molecule has 1 aromatic heterocycles. The quantitative estimate of drug-likeness (QED) is 0.773. The van der Waals surface area contributed by atoms with E-state index in [0.29, 0.717) is 18.5 Å². The second-order valence-corrected chi connectivity index (χ2v) is 8.12. The monoisotopic (exact) mass is 423 g/mol. The lowest BCUT2D eigenvalue weighted by atomic mass is 9.96. The number of hydrogen-bond donors (Lipinski definition) is 1. The standard InChI is InChI=1S/C22H25N5O4/c28-18-3-1-2-17-16(18)11-23-22(24-17)25-21(29)13-27-8-6-26(7-9-27)12-15-4-5-19-20(10-15)31-14-30-19/h4-5,10-11H,1-3,6-9,12-14H2,(H,23,24,25,29). The maximum atomic E-state index is 12.5. The SMILES string of the molecule is O=C(CN1CCN(Cc2ccc3c(c2)OCO3)CC1)Nc1ncc2c(n1)CCCC2=O. The largest absolute Gasteiger partial charge is 0.454 e. The summed E-state index contributed by atoms with van der Waals surface area (Å²) in [6, 6.07) is 6.06. The summed E-state index contributed by atoms with van der Waals surface area (Å²) in [6.07, 6.45) is 3.63. The Hall–Kier alpha value is -3.04. The molecule has 9 heteroatoms. The topological polar surface area (TPSA) is 96.9 Å². The Labute approximate surface area is 180 Å². The van der Waals surface area contributed by atoms with Crippen LogP contribution in [0.25, 0.3) is 0 Å². The van der Waals surface area contributed by atoms with Crippen LogP contribution in [-0.2, 0) is 17.8 Å². The number of rotatable bonds is 5. The number of anilines is 1. The molecule has 2 aliphatic heterocycles. The molecule has 3 heterocycles. The summed E-state index contributed by atoms with van der Waals surface area (Å²) < 4.78 is 10.8. The zero-order chi connectivity index (χ0) is 21.2. The highest BCUT2D eigenvalue weighted by Gasteiger charge is 2.22. The average molecular weight is 423 g/mol. The second kappa shape index (κ2) is 8.60. The van der Waals surface area contributed by atoms with E-state index in [4.69, 9.17) is 9.47 Å². The minimum absolute atomic E-state index is 0.0812. The number of aryl methyl sites for hydroxylation is 1. The van der Waals surface area contributed by atoms with Crippen LogP contribution in [0.5, 0.6) is 11.5 Å². The minimum atomic E-state index is -0.133. The molecule has 3 aliphatic rings. The fourth-order valence-corrected chi connectivity index (χ4v) is 4.22. The number of fused-ring (bicyclic) bond motifs is 2. The summed E-state index contributed by atoms with van der Waals surface area (Å²) in [6.45, 7) is 4.84. The molecule has 2 aromatic rings. The second-order valence-electron chi connectivity index (χ2n) is 8.12. The Kier molecular flexibility index (Phi) is 5.52. The van der Waals surface area contributed by atoms with Gasteiger partial charge in [-0.05, 0) is 30.5 Å². The highest BCUT2D eigenvalue weighted by atomic mass is 16.7. The third kappa shape index (κ3) is 4.52. The normalized spacial score (nSPS) is 18.6. The van der Waals surface area contributed by atoms with E-state index >= 15 is 0 Å². The fraction of sp³-hybridized carbons (Fsp3) is 0.455. The van der Waals surface area contributed by atoms with Gasteiger partial charge in [0.1, 0.15) is 0 Å². The zero-order valence-electron chi connectivity index (χ0n) is 17.3. The third-order valence-corrected chi connectivity index (χ3v) is 5.91. The number of nitrogens with zero attached hydrogens (tertiary/aromatic N) is 4. The van der Waals surface area contributed by atoms with E-state index in [2.05, 4.69) is 31.2 Å². The van der Waals surface area contributed by atoms with E-state index in [1.165, 1.54) is 11.8 Å². The van der Waals surface area contributed by atoms with Crippen LogP contribution in [0.4, 0.5) is 5.95 Å². The van der Waals surface area contributed by atoms with Crippen molar-refractivity contribution in [3.63, 3.8) is 0 Å². The molecule has 1 aliphatic carbocycles. The number of nitrogens with one attached hydrogen (secondary N) is 1. The molecule has 1 saturated heterocycles. The molecule has 31 heavy (non-hydrogen) atoms. The van der Waals surface area contributed by atoms with Crippen LogP contribution in [-0.4, -0.2) is 71.0 Å². The minimum Gasteiger partial charge on any atom is -0.454 e. The van der Waals surface area contributed by atoms with Crippen LogP contribution < -0.4 is 14.8 Å². The van der Waals surface area contributed by atoms with E-state index < -0.39 is 0 Å². The average Bonchev–Trinajstić information content (AvgIpc) is 3.23. The molecular weight excluding hydrogens is 398 g/mol. The summed E-state index contributed by atoms with van der Waals surface area (Å²) in [5.74, 6) is 1.83. The van der Waals surface area contributed by atoms with Gasteiger partial charge in [0.15, 0.2) is 17.3 Å². The van der Waals surface area contributed by atoms with Crippen molar-refractivity contribution in [2.45, 2.75) is 25.8 Å². The van der Waals surface area contributed by atoms with Gasteiger partial charge in [-0.1, -0.05) is 6.07 Å². The number of amides is 1. The van der Waals surface area contributed by atoms with E-state index in [-0.39, 0.29) is 24.4 Å². The predicted molar refractivity (Wildman–Crippen MR) is 112 cm³/mol. The van der Waals surface area contributed by atoms with Crippen LogP contribution in [0.1, 0.15) is 34.5 Å². The maximum Gasteiger partial charge on any atom is 0.240 e. The molecule has 0 bridgehead atoms. The van der Waals surface area contributed by atoms with E-state index in [1.54, 1.807) is 0 Å². The lowest BCUT2D eigenvalue weighted by Crippen LogP contribution is -2.48. The van der Waals surface area contributed by atoms with Crippen LogP contribution >= 0.6 is 0 Å². The number of benzene rings is 1. The van der Waals surface area contributed by atoms with Gasteiger partial charge in [0.05, 0.1) is 17.8 Å². The molecule has 0 spiro atoms. The number of hydrogen-bond acceptors (Lipinski definition) is 8. The summed E-state index contributed by atoms with van der Waals surface area (Å²) in [5, 5.41) is 2.78. The number of ether oxygens (including phenoxy) is 2. The van der Waals surface area contributed by atoms with Crippen molar-refractivity contribution in [2.75, 3.05) is 44.8 Å². The maximum absolute atomic E-state index is 12.5. The molecule has 0 saturated carbocycles. The summed E-state index contributed by atoms with van der Waals surface area (Å²) in [5.41, 5.74) is 2.51. The van der Waals surface area contributed by atoms with Gasteiger partial charge in [-0.3, -0.25) is 24.7 Å². The summed E-state index contributed by atoms with van der Waals surface area (Å²) in [4.78, 5) is 37.4. The van der Waals surface area contributed by atoms with Gasteiger partial charge in [0.2, 0.25) is 18.6 Å². The van der Waals surface area contributed by atoms with Gasteiger partial charge < -0.3 is 9.47 Å². The summed E-state index contributed by atoms with van der Waals surface area (Å²) >= 11 is 0. The smallest absolute Gasteiger partial charge is 0.240 e. The van der Waals surface area contributed by atoms with E-state index in [0.717, 1.165) is 62.8 Å². The van der Waals surface area contributed by atoms with Gasteiger partial charge in [0.25, 0.3) is 0 Å². The molecule has 5 rings (SSSR count). The number of aromatic nitrogens is 2. The van der Waals surface area contributed by atoms with Crippen molar-refractivity contribution in [1.29, 1.82) is 0 Å². The van der Waals surface area contributed by atoms with Crippen molar-refractivity contribution >= 4 is 17.6 Å². The first-order valence-corrected chi connectivity index (χ1v) is 10.7. The Morgan fingerprint density at radius 2 is 1.87 bits per heavy atom. The van der Waals surface area contributed by atoms with Crippen molar-refractivity contribution in [1.82, 2.24) is 19.8 Å². The Balaban J connectivity index is 1.10.